The lowest BCUT2D eigenvalue weighted by Crippen LogP contribution is -2.42. The Morgan fingerprint density at radius 1 is 1.17 bits per heavy atom. The predicted octanol–water partition coefficient (Wildman–Crippen LogP) is 4.47. The van der Waals surface area contributed by atoms with Gasteiger partial charge >= 0.3 is 6.03 Å². The minimum Gasteiger partial charge on any atom is -0.352 e. The first-order valence-corrected chi connectivity index (χ1v) is 10.1. The van der Waals surface area contributed by atoms with Crippen LogP contribution in [0.4, 0.5) is 14.9 Å². The third kappa shape index (κ3) is 6.59. The second-order valence-corrected chi connectivity index (χ2v) is 7.70. The Hall–Kier alpha value is -2.89. The van der Waals surface area contributed by atoms with E-state index >= 15 is 0 Å². The zero-order valence-corrected chi connectivity index (χ0v) is 16.8. The first-order chi connectivity index (χ1) is 14.0. The molecule has 5 nitrogen and oxygen atoms in total. The summed E-state index contributed by atoms with van der Waals surface area (Å²) in [6.45, 7) is 3.86. The lowest BCUT2D eigenvalue weighted by atomic mass is 9.93. The van der Waals surface area contributed by atoms with Crippen molar-refractivity contribution < 1.29 is 14.0 Å². The van der Waals surface area contributed by atoms with Crippen LogP contribution in [0.25, 0.3) is 0 Å². The van der Waals surface area contributed by atoms with Gasteiger partial charge in [0.05, 0.1) is 0 Å². The number of anilines is 1. The molecule has 1 saturated heterocycles. The number of carbonyl (C=O) groups excluding carboxylic acids is 2. The van der Waals surface area contributed by atoms with Gasteiger partial charge in [0.2, 0.25) is 5.91 Å². The largest absolute Gasteiger partial charge is 0.352 e. The topological polar surface area (TPSA) is 61.4 Å². The predicted molar refractivity (Wildman–Crippen MR) is 112 cm³/mol. The number of halogens is 1. The first-order valence-electron chi connectivity index (χ1n) is 10.1. The van der Waals surface area contributed by atoms with Gasteiger partial charge in [-0.1, -0.05) is 35.9 Å². The van der Waals surface area contributed by atoms with Crippen LogP contribution in [0.1, 0.15) is 36.8 Å². The number of likely N-dealkylation sites (tertiary alicyclic amines) is 1. The number of piperidine rings is 1. The van der Waals surface area contributed by atoms with Crippen LogP contribution in [0.15, 0.2) is 48.5 Å². The summed E-state index contributed by atoms with van der Waals surface area (Å²) in [5, 5.41) is 5.71. The fraction of sp³-hybridized carbons (Fsp3) is 0.391. The summed E-state index contributed by atoms with van der Waals surface area (Å²) < 4.78 is 13.3. The number of rotatable bonds is 6. The van der Waals surface area contributed by atoms with Gasteiger partial charge in [-0.2, -0.15) is 0 Å². The van der Waals surface area contributed by atoms with Crippen LogP contribution >= 0.6 is 0 Å². The molecular weight excluding hydrogens is 369 g/mol. The van der Waals surface area contributed by atoms with Gasteiger partial charge in [-0.15, -0.1) is 0 Å². The van der Waals surface area contributed by atoms with Gasteiger partial charge in [-0.3, -0.25) is 4.79 Å². The Kier molecular flexibility index (Phi) is 7.22. The van der Waals surface area contributed by atoms with Crippen molar-refractivity contribution in [3.05, 3.63) is 65.5 Å². The fourth-order valence-electron chi connectivity index (χ4n) is 3.58. The van der Waals surface area contributed by atoms with Crippen molar-refractivity contribution >= 4 is 17.6 Å². The molecule has 1 heterocycles. The maximum Gasteiger partial charge on any atom is 0.321 e. The molecule has 0 aromatic heterocycles. The summed E-state index contributed by atoms with van der Waals surface area (Å²) in [6, 6.07) is 13.8. The van der Waals surface area contributed by atoms with Crippen molar-refractivity contribution in [3.8, 4) is 0 Å². The number of hydrogen-bond donors (Lipinski definition) is 2. The van der Waals surface area contributed by atoms with Crippen LogP contribution < -0.4 is 10.6 Å². The highest BCUT2D eigenvalue weighted by atomic mass is 19.1. The molecule has 154 valence electrons. The molecule has 3 rings (SSSR count). The number of amides is 3. The van der Waals surface area contributed by atoms with Gasteiger partial charge in [0.25, 0.3) is 0 Å². The molecule has 6 heteroatoms. The van der Waals surface area contributed by atoms with E-state index in [0.717, 1.165) is 24.8 Å². The molecule has 1 atom stereocenters. The Balaban J connectivity index is 1.41. The number of urea groups is 1. The second-order valence-electron chi connectivity index (χ2n) is 7.70. The average molecular weight is 397 g/mol. The van der Waals surface area contributed by atoms with Gasteiger partial charge < -0.3 is 15.5 Å². The Labute approximate surface area is 171 Å². The van der Waals surface area contributed by atoms with Gasteiger partial charge in [-0.05, 0) is 55.9 Å². The van der Waals surface area contributed by atoms with E-state index in [4.69, 9.17) is 0 Å². The second kappa shape index (κ2) is 10.0. The van der Waals surface area contributed by atoms with E-state index in [1.165, 1.54) is 17.7 Å². The Morgan fingerprint density at radius 2 is 1.97 bits per heavy atom. The van der Waals surface area contributed by atoms with E-state index in [1.807, 2.05) is 31.2 Å². The molecule has 0 bridgehead atoms. The fourth-order valence-corrected chi connectivity index (χ4v) is 3.58. The van der Waals surface area contributed by atoms with E-state index in [2.05, 4.69) is 10.6 Å². The number of hydrogen-bond acceptors (Lipinski definition) is 2. The van der Waals surface area contributed by atoms with Crippen molar-refractivity contribution in [2.45, 2.75) is 39.2 Å². The quantitative estimate of drug-likeness (QED) is 0.755. The van der Waals surface area contributed by atoms with Crippen LogP contribution in [0.3, 0.4) is 0 Å². The van der Waals surface area contributed by atoms with Crippen LogP contribution in [0, 0.1) is 18.7 Å². The summed E-state index contributed by atoms with van der Waals surface area (Å²) >= 11 is 0. The number of nitrogens with one attached hydrogen (secondary N) is 2. The molecule has 2 aromatic carbocycles. The summed E-state index contributed by atoms with van der Waals surface area (Å²) in [4.78, 5) is 26.4. The molecule has 2 N–H and O–H groups in total. The minimum atomic E-state index is -0.379. The molecule has 3 amide bonds. The molecule has 0 spiro atoms. The van der Waals surface area contributed by atoms with Crippen molar-refractivity contribution in [2.24, 2.45) is 5.92 Å². The van der Waals surface area contributed by atoms with Gasteiger partial charge in [0.1, 0.15) is 5.82 Å². The van der Waals surface area contributed by atoms with Gasteiger partial charge in [-0.25, -0.2) is 9.18 Å². The van der Waals surface area contributed by atoms with Crippen LogP contribution in [0.5, 0.6) is 0 Å². The highest BCUT2D eigenvalue weighted by molar-refractivity contribution is 5.89. The minimum absolute atomic E-state index is 0.0342. The van der Waals surface area contributed by atoms with Crippen molar-refractivity contribution in [2.75, 3.05) is 18.4 Å². The molecule has 29 heavy (non-hydrogen) atoms. The third-order valence-corrected chi connectivity index (χ3v) is 5.27. The highest BCUT2D eigenvalue weighted by Crippen LogP contribution is 2.22. The molecule has 1 unspecified atom stereocenters. The highest BCUT2D eigenvalue weighted by Gasteiger charge is 2.24. The van der Waals surface area contributed by atoms with Crippen molar-refractivity contribution in [3.63, 3.8) is 0 Å². The van der Waals surface area contributed by atoms with Crippen molar-refractivity contribution in [1.82, 2.24) is 10.2 Å². The average Bonchev–Trinajstić information content (AvgIpc) is 2.72. The SMILES string of the molecule is Cc1ccc(CNC(=O)CCC2CCCN(C(=O)Nc3cccc(F)c3)C2)cc1. The molecular formula is C23H28FN3O2. The summed E-state index contributed by atoms with van der Waals surface area (Å²) in [6.07, 6.45) is 3.13. The third-order valence-electron chi connectivity index (χ3n) is 5.27. The number of nitrogens with zero attached hydrogens (tertiary/aromatic N) is 1. The first kappa shape index (κ1) is 20.8. The van der Waals surface area contributed by atoms with E-state index in [1.54, 1.807) is 17.0 Å². The number of carbonyl (C=O) groups is 2. The lowest BCUT2D eigenvalue weighted by molar-refractivity contribution is -0.121. The van der Waals surface area contributed by atoms with Crippen molar-refractivity contribution in [1.29, 1.82) is 0 Å². The zero-order valence-electron chi connectivity index (χ0n) is 16.8. The Morgan fingerprint density at radius 3 is 2.72 bits per heavy atom. The van der Waals surface area contributed by atoms with Gasteiger partial charge in [0.15, 0.2) is 0 Å². The normalized spacial score (nSPS) is 16.3. The summed E-state index contributed by atoms with van der Waals surface area (Å²) in [5.41, 5.74) is 2.73. The Bertz CT molecular complexity index is 838. The maximum atomic E-state index is 13.3. The molecule has 0 aliphatic carbocycles. The summed E-state index contributed by atoms with van der Waals surface area (Å²) in [5.74, 6) is -0.0463. The molecule has 0 saturated carbocycles. The molecule has 2 aromatic rings. The standard InChI is InChI=1S/C23H28FN3O2/c1-17-7-9-18(10-8-17)15-25-22(28)12-11-19-4-3-13-27(16-19)23(29)26-21-6-2-5-20(24)14-21/h2,5-10,14,19H,3-4,11-13,15-16H2,1H3,(H,25,28)(H,26,29). The molecule has 0 radical (unpaired) electrons. The van der Waals surface area contributed by atoms with Crippen LogP contribution in [0.2, 0.25) is 0 Å². The molecule has 1 fully saturated rings. The van der Waals surface area contributed by atoms with Crippen LogP contribution in [-0.2, 0) is 11.3 Å². The van der Waals surface area contributed by atoms with Crippen LogP contribution in [-0.4, -0.2) is 29.9 Å². The van der Waals surface area contributed by atoms with E-state index in [9.17, 15) is 14.0 Å². The van der Waals surface area contributed by atoms with E-state index in [-0.39, 0.29) is 17.8 Å². The van der Waals surface area contributed by atoms with E-state index < -0.39 is 0 Å². The maximum absolute atomic E-state index is 13.3. The molecule has 1 aliphatic rings. The van der Waals surface area contributed by atoms with E-state index in [0.29, 0.717) is 37.7 Å². The lowest BCUT2D eigenvalue weighted by Gasteiger charge is -2.32. The number of aryl methyl sites for hydroxylation is 1. The number of benzene rings is 2. The smallest absolute Gasteiger partial charge is 0.321 e. The van der Waals surface area contributed by atoms with Gasteiger partial charge in [0, 0.05) is 31.7 Å². The molecule has 1 aliphatic heterocycles. The summed E-state index contributed by atoms with van der Waals surface area (Å²) in [7, 11) is 0. The zero-order chi connectivity index (χ0) is 20.6. The monoisotopic (exact) mass is 397 g/mol.